The number of likely N-dealkylation sites (N-methyl/N-ethyl adjacent to an activating group) is 1. The zero-order chi connectivity index (χ0) is 12.1. The fourth-order valence-electron chi connectivity index (χ4n) is 1.59. The van der Waals surface area contributed by atoms with E-state index in [4.69, 9.17) is 5.11 Å². The summed E-state index contributed by atoms with van der Waals surface area (Å²) in [5.74, 6) is -0.893. The first kappa shape index (κ1) is 12.3. The third-order valence-corrected chi connectivity index (χ3v) is 2.30. The lowest BCUT2D eigenvalue weighted by atomic mass is 10.2. The summed E-state index contributed by atoms with van der Waals surface area (Å²) in [6.07, 6.45) is 1.24. The molecule has 0 aliphatic heterocycles. The molecule has 0 unspecified atom stereocenters. The molecule has 1 rings (SSSR count). The fourth-order valence-corrected chi connectivity index (χ4v) is 1.59. The van der Waals surface area contributed by atoms with Crippen LogP contribution in [0.4, 0.5) is 5.69 Å². The summed E-state index contributed by atoms with van der Waals surface area (Å²) >= 11 is 0. The van der Waals surface area contributed by atoms with Gasteiger partial charge in [0.25, 0.3) is 0 Å². The molecule has 3 nitrogen and oxygen atoms in total. The van der Waals surface area contributed by atoms with Gasteiger partial charge in [0.15, 0.2) is 0 Å². The van der Waals surface area contributed by atoms with Crippen LogP contribution in [0.25, 0.3) is 0 Å². The van der Waals surface area contributed by atoms with Crippen molar-refractivity contribution in [1.82, 2.24) is 0 Å². The summed E-state index contributed by atoms with van der Waals surface area (Å²) in [4.78, 5) is 12.5. The van der Waals surface area contributed by atoms with Gasteiger partial charge in [0, 0.05) is 25.4 Å². The first-order chi connectivity index (χ1) is 7.49. The van der Waals surface area contributed by atoms with E-state index in [0.29, 0.717) is 6.54 Å². The van der Waals surface area contributed by atoms with Crippen molar-refractivity contribution in [3.63, 3.8) is 0 Å². The normalized spacial score (nSPS) is 11.3. The topological polar surface area (TPSA) is 40.5 Å². The number of rotatable bonds is 4. The number of carboxylic acids is 1. The molecule has 0 aliphatic carbocycles. The van der Waals surface area contributed by atoms with E-state index in [1.54, 1.807) is 0 Å². The summed E-state index contributed by atoms with van der Waals surface area (Å²) in [7, 11) is 1.95. The van der Waals surface area contributed by atoms with E-state index >= 15 is 0 Å². The second kappa shape index (κ2) is 5.35. The first-order valence-electron chi connectivity index (χ1n) is 5.17. The average Bonchev–Trinajstić information content (AvgIpc) is 2.16. The molecule has 3 heteroatoms. The third kappa shape index (κ3) is 3.77. The van der Waals surface area contributed by atoms with Crippen LogP contribution in [0.15, 0.2) is 35.9 Å². The summed E-state index contributed by atoms with van der Waals surface area (Å²) in [5.41, 5.74) is 3.12. The molecule has 0 saturated carbocycles. The van der Waals surface area contributed by atoms with E-state index in [-0.39, 0.29) is 0 Å². The van der Waals surface area contributed by atoms with Crippen molar-refractivity contribution >= 4 is 11.7 Å². The van der Waals surface area contributed by atoms with Gasteiger partial charge in [0.05, 0.1) is 0 Å². The number of benzene rings is 1. The highest BCUT2D eigenvalue weighted by Gasteiger charge is 2.02. The maximum absolute atomic E-state index is 10.5. The van der Waals surface area contributed by atoms with Crippen LogP contribution in [0.3, 0.4) is 0 Å². The van der Waals surface area contributed by atoms with Crippen LogP contribution in [0.1, 0.15) is 12.5 Å². The van der Waals surface area contributed by atoms with Crippen molar-refractivity contribution in [2.75, 3.05) is 18.5 Å². The monoisotopic (exact) mass is 219 g/mol. The van der Waals surface area contributed by atoms with Gasteiger partial charge in [-0.05, 0) is 37.1 Å². The molecule has 0 aliphatic rings. The van der Waals surface area contributed by atoms with Gasteiger partial charge in [-0.15, -0.1) is 0 Å². The Morgan fingerprint density at radius 2 is 2.19 bits per heavy atom. The number of aryl methyl sites for hydroxylation is 1. The van der Waals surface area contributed by atoms with Crippen molar-refractivity contribution in [3.05, 3.63) is 41.5 Å². The van der Waals surface area contributed by atoms with Crippen LogP contribution in [-0.4, -0.2) is 24.7 Å². The quantitative estimate of drug-likeness (QED) is 0.791. The van der Waals surface area contributed by atoms with E-state index in [9.17, 15) is 4.79 Å². The van der Waals surface area contributed by atoms with Gasteiger partial charge in [-0.25, -0.2) is 4.79 Å². The highest BCUT2D eigenvalue weighted by atomic mass is 16.4. The molecule has 16 heavy (non-hydrogen) atoms. The van der Waals surface area contributed by atoms with Gasteiger partial charge in [-0.1, -0.05) is 12.1 Å². The number of carbonyl (C=O) groups is 1. The Kier molecular flexibility index (Phi) is 4.11. The molecule has 0 amide bonds. The molecule has 0 saturated heterocycles. The molecule has 0 atom stereocenters. The van der Waals surface area contributed by atoms with Gasteiger partial charge < -0.3 is 10.0 Å². The Balaban J connectivity index is 2.72. The van der Waals surface area contributed by atoms with Gasteiger partial charge in [-0.2, -0.15) is 0 Å². The second-order valence-corrected chi connectivity index (χ2v) is 4.02. The highest BCUT2D eigenvalue weighted by Crippen LogP contribution is 2.15. The largest absolute Gasteiger partial charge is 0.478 e. The molecule has 0 fully saturated rings. The molecule has 86 valence electrons. The standard InChI is InChI=1S/C13H17NO2/c1-10-5-4-6-12(7-10)14(3)9-11(2)8-13(15)16/h4-8H,9H2,1-3H3,(H,15,16). The maximum Gasteiger partial charge on any atom is 0.328 e. The zero-order valence-electron chi connectivity index (χ0n) is 9.90. The summed E-state index contributed by atoms with van der Waals surface area (Å²) < 4.78 is 0. The van der Waals surface area contributed by atoms with E-state index < -0.39 is 5.97 Å². The molecule has 1 aromatic rings. The molecule has 0 radical (unpaired) electrons. The van der Waals surface area contributed by atoms with Gasteiger partial charge in [-0.3, -0.25) is 0 Å². The summed E-state index contributed by atoms with van der Waals surface area (Å²) in [6, 6.07) is 8.13. The predicted molar refractivity (Wildman–Crippen MR) is 65.8 cm³/mol. The maximum atomic E-state index is 10.5. The van der Waals surface area contributed by atoms with Crippen LogP contribution in [0, 0.1) is 6.92 Å². The molecule has 0 bridgehead atoms. The van der Waals surface area contributed by atoms with Crippen LogP contribution >= 0.6 is 0 Å². The minimum absolute atomic E-state index is 0.621. The number of aliphatic carboxylic acids is 1. The van der Waals surface area contributed by atoms with Crippen LogP contribution < -0.4 is 4.90 Å². The van der Waals surface area contributed by atoms with Gasteiger partial charge in [0.2, 0.25) is 0 Å². The minimum atomic E-state index is -0.893. The van der Waals surface area contributed by atoms with Crippen LogP contribution in [0.2, 0.25) is 0 Å². The van der Waals surface area contributed by atoms with Crippen LogP contribution in [0.5, 0.6) is 0 Å². The molecular weight excluding hydrogens is 202 g/mol. The molecule has 0 aromatic heterocycles. The fraction of sp³-hybridized carbons (Fsp3) is 0.308. The lowest BCUT2D eigenvalue weighted by Crippen LogP contribution is -2.19. The average molecular weight is 219 g/mol. The van der Waals surface area contributed by atoms with Crippen molar-refractivity contribution in [3.8, 4) is 0 Å². The summed E-state index contributed by atoms with van der Waals surface area (Å²) in [6.45, 7) is 4.48. The van der Waals surface area contributed by atoms with Crippen molar-refractivity contribution < 1.29 is 9.90 Å². The Labute approximate surface area is 96.0 Å². The Bertz CT molecular complexity index is 410. The summed E-state index contributed by atoms with van der Waals surface area (Å²) in [5, 5.41) is 8.62. The molecular formula is C13H17NO2. The third-order valence-electron chi connectivity index (χ3n) is 2.30. The lowest BCUT2D eigenvalue weighted by Gasteiger charge is -2.19. The lowest BCUT2D eigenvalue weighted by molar-refractivity contribution is -0.131. The number of hydrogen-bond donors (Lipinski definition) is 1. The number of nitrogens with zero attached hydrogens (tertiary/aromatic N) is 1. The first-order valence-corrected chi connectivity index (χ1v) is 5.17. The van der Waals surface area contributed by atoms with Crippen molar-refractivity contribution in [1.29, 1.82) is 0 Å². The predicted octanol–water partition coefficient (Wildman–Crippen LogP) is 2.46. The number of hydrogen-bond acceptors (Lipinski definition) is 2. The van der Waals surface area contributed by atoms with E-state index in [0.717, 1.165) is 11.3 Å². The Morgan fingerprint density at radius 3 is 2.75 bits per heavy atom. The van der Waals surface area contributed by atoms with E-state index in [1.807, 2.05) is 44.0 Å². The molecule has 0 spiro atoms. The SMILES string of the molecule is CC(=CC(=O)O)CN(C)c1cccc(C)c1. The minimum Gasteiger partial charge on any atom is -0.478 e. The zero-order valence-corrected chi connectivity index (χ0v) is 9.90. The number of anilines is 1. The highest BCUT2D eigenvalue weighted by molar-refractivity contribution is 5.80. The van der Waals surface area contributed by atoms with Crippen LogP contribution in [-0.2, 0) is 4.79 Å². The molecule has 0 heterocycles. The van der Waals surface area contributed by atoms with E-state index in [1.165, 1.54) is 11.6 Å². The van der Waals surface area contributed by atoms with Crippen molar-refractivity contribution in [2.24, 2.45) is 0 Å². The molecule has 1 N–H and O–H groups in total. The Hall–Kier alpha value is -1.77. The van der Waals surface area contributed by atoms with Gasteiger partial charge in [0.1, 0.15) is 0 Å². The van der Waals surface area contributed by atoms with Crippen molar-refractivity contribution in [2.45, 2.75) is 13.8 Å². The number of carboxylic acid groups (broad SMARTS) is 1. The smallest absolute Gasteiger partial charge is 0.328 e. The van der Waals surface area contributed by atoms with E-state index in [2.05, 4.69) is 6.07 Å². The molecule has 1 aromatic carbocycles. The second-order valence-electron chi connectivity index (χ2n) is 4.02. The van der Waals surface area contributed by atoms with Gasteiger partial charge >= 0.3 is 5.97 Å². The Morgan fingerprint density at radius 1 is 1.50 bits per heavy atom.